The molecule has 68 valence electrons. The van der Waals surface area contributed by atoms with Crippen LogP contribution in [-0.4, -0.2) is 28.2 Å². The van der Waals surface area contributed by atoms with E-state index in [1.807, 2.05) is 0 Å². The molecule has 0 rings (SSSR count). The fraction of sp³-hybridized carbons (Fsp3) is 1.00. The highest BCUT2D eigenvalue weighted by Crippen LogP contribution is 2.18. The molecule has 7 heteroatoms. The molecule has 0 spiro atoms. The van der Waals surface area contributed by atoms with Gasteiger partial charge in [0.15, 0.2) is 0 Å². The van der Waals surface area contributed by atoms with Crippen LogP contribution in [0.15, 0.2) is 0 Å². The molecule has 0 radical (unpaired) electrons. The van der Waals surface area contributed by atoms with E-state index in [1.165, 1.54) is 13.8 Å². The van der Waals surface area contributed by atoms with Crippen LogP contribution in [0.3, 0.4) is 0 Å². The van der Waals surface area contributed by atoms with Gasteiger partial charge < -0.3 is 0 Å². The summed E-state index contributed by atoms with van der Waals surface area (Å²) in [6, 6.07) is 0. The van der Waals surface area contributed by atoms with Gasteiger partial charge in [-0.1, -0.05) is 0 Å². The Kier molecular flexibility index (Phi) is 3.59. The van der Waals surface area contributed by atoms with Crippen molar-refractivity contribution >= 4 is 33.7 Å². The topological polar surface area (TPSA) is 57.6 Å². The van der Waals surface area contributed by atoms with Gasteiger partial charge in [-0.2, -0.15) is 8.42 Å². The normalized spacial score (nSPS) is 14.0. The zero-order valence-corrected chi connectivity index (χ0v) is 8.41. The number of halogens is 2. The van der Waals surface area contributed by atoms with Crippen molar-refractivity contribution in [2.45, 2.75) is 18.6 Å². The molecule has 0 aromatic rings. The third kappa shape index (κ3) is 3.57. The SMILES string of the molecule is CC(C)(CN(Cl)Cl)S(=O)(=O)O. The summed E-state index contributed by atoms with van der Waals surface area (Å²) in [4.78, 5) is 0. The highest BCUT2D eigenvalue weighted by molar-refractivity contribution is 7.87. The van der Waals surface area contributed by atoms with Gasteiger partial charge in [0.05, 0.1) is 6.54 Å². The smallest absolute Gasteiger partial charge is 0.271 e. The summed E-state index contributed by atoms with van der Waals surface area (Å²) in [5.74, 6) is 0. The number of hydrogen-bond donors (Lipinski definition) is 1. The Morgan fingerprint density at radius 2 is 1.82 bits per heavy atom. The van der Waals surface area contributed by atoms with Gasteiger partial charge >= 0.3 is 0 Å². The van der Waals surface area contributed by atoms with Gasteiger partial charge in [0.25, 0.3) is 10.1 Å². The third-order valence-electron chi connectivity index (χ3n) is 1.20. The number of rotatable bonds is 3. The summed E-state index contributed by atoms with van der Waals surface area (Å²) in [6.07, 6.45) is 0. The summed E-state index contributed by atoms with van der Waals surface area (Å²) in [6.45, 7) is 2.48. The van der Waals surface area contributed by atoms with Crippen molar-refractivity contribution in [2.24, 2.45) is 0 Å². The van der Waals surface area contributed by atoms with Gasteiger partial charge in [0.2, 0.25) is 0 Å². The summed E-state index contributed by atoms with van der Waals surface area (Å²) in [5.41, 5.74) is 0. The van der Waals surface area contributed by atoms with Gasteiger partial charge in [-0.05, 0) is 37.4 Å². The second-order valence-corrected chi connectivity index (χ2v) is 5.74. The van der Waals surface area contributed by atoms with E-state index in [0.717, 1.165) is 0 Å². The molecule has 0 unspecified atom stereocenters. The van der Waals surface area contributed by atoms with Crippen LogP contribution in [0.25, 0.3) is 0 Å². The molecule has 0 atom stereocenters. The first kappa shape index (κ1) is 11.4. The van der Waals surface area contributed by atoms with Gasteiger partial charge in [-0.25, -0.2) is 0 Å². The van der Waals surface area contributed by atoms with Crippen molar-refractivity contribution in [3.8, 4) is 0 Å². The Labute approximate surface area is 76.1 Å². The van der Waals surface area contributed by atoms with Gasteiger partial charge in [0, 0.05) is 0 Å². The molecule has 0 aliphatic rings. The van der Waals surface area contributed by atoms with Crippen molar-refractivity contribution < 1.29 is 13.0 Å². The molecule has 1 N–H and O–H groups in total. The fourth-order valence-electron chi connectivity index (χ4n) is 0.369. The molecule has 0 aliphatic heterocycles. The molecular formula is C4H9Cl2NO3S. The zero-order chi connectivity index (χ0) is 9.28. The van der Waals surface area contributed by atoms with Crippen molar-refractivity contribution in [3.63, 3.8) is 0 Å². The van der Waals surface area contributed by atoms with Crippen LogP contribution in [0.5, 0.6) is 0 Å². The molecule has 0 aromatic heterocycles. The molecule has 0 amide bonds. The molecule has 0 aromatic carbocycles. The molecule has 11 heavy (non-hydrogen) atoms. The first-order valence-electron chi connectivity index (χ1n) is 2.73. The minimum absolute atomic E-state index is 0.158. The lowest BCUT2D eigenvalue weighted by molar-refractivity contribution is 0.425. The van der Waals surface area contributed by atoms with Crippen LogP contribution < -0.4 is 0 Å². The second kappa shape index (κ2) is 3.45. The van der Waals surface area contributed by atoms with Crippen molar-refractivity contribution in [3.05, 3.63) is 0 Å². The lowest BCUT2D eigenvalue weighted by Gasteiger charge is -2.21. The molecule has 0 aliphatic carbocycles. The highest BCUT2D eigenvalue weighted by atomic mass is 35.5. The Hall–Kier alpha value is 0.450. The van der Waals surface area contributed by atoms with Crippen LogP contribution in [0, 0.1) is 0 Å². The van der Waals surface area contributed by atoms with Crippen LogP contribution >= 0.6 is 23.6 Å². The second-order valence-electron chi connectivity index (χ2n) is 2.70. The van der Waals surface area contributed by atoms with Crippen LogP contribution in [0.2, 0.25) is 0 Å². The van der Waals surface area contributed by atoms with Crippen molar-refractivity contribution in [1.82, 2.24) is 3.94 Å². The predicted octanol–water partition coefficient (Wildman–Crippen LogP) is 1.26. The van der Waals surface area contributed by atoms with E-state index in [1.54, 1.807) is 0 Å². The summed E-state index contributed by atoms with van der Waals surface area (Å²) >= 11 is 10.4. The van der Waals surface area contributed by atoms with E-state index in [0.29, 0.717) is 3.94 Å². The first-order chi connectivity index (χ1) is 4.67. The van der Waals surface area contributed by atoms with Crippen LogP contribution in [-0.2, 0) is 10.1 Å². The Bertz CT molecular complexity index is 223. The predicted molar refractivity (Wildman–Crippen MR) is 44.0 cm³/mol. The molecular weight excluding hydrogens is 213 g/mol. The lowest BCUT2D eigenvalue weighted by Crippen LogP contribution is -2.38. The minimum Gasteiger partial charge on any atom is -0.285 e. The summed E-state index contributed by atoms with van der Waals surface area (Å²) in [5, 5.41) is 0. The molecule has 0 bridgehead atoms. The monoisotopic (exact) mass is 221 g/mol. The van der Waals surface area contributed by atoms with E-state index >= 15 is 0 Å². The van der Waals surface area contributed by atoms with Gasteiger partial charge in [-0.15, -0.1) is 3.94 Å². The molecule has 0 fully saturated rings. The summed E-state index contributed by atoms with van der Waals surface area (Å²) in [7, 11) is -4.11. The van der Waals surface area contributed by atoms with E-state index in [9.17, 15) is 8.42 Å². The quantitative estimate of drug-likeness (QED) is 0.576. The van der Waals surface area contributed by atoms with Gasteiger partial charge in [-0.3, -0.25) is 4.55 Å². The van der Waals surface area contributed by atoms with Crippen LogP contribution in [0.4, 0.5) is 0 Å². The van der Waals surface area contributed by atoms with E-state index in [4.69, 9.17) is 28.1 Å². The van der Waals surface area contributed by atoms with Crippen molar-refractivity contribution in [1.29, 1.82) is 0 Å². The third-order valence-corrected chi connectivity index (χ3v) is 2.96. The van der Waals surface area contributed by atoms with Gasteiger partial charge in [0.1, 0.15) is 4.75 Å². The highest BCUT2D eigenvalue weighted by Gasteiger charge is 2.34. The summed E-state index contributed by atoms with van der Waals surface area (Å²) < 4.78 is 29.1. The maximum absolute atomic E-state index is 10.6. The Morgan fingerprint density at radius 3 is 1.91 bits per heavy atom. The van der Waals surface area contributed by atoms with E-state index in [2.05, 4.69) is 0 Å². The Balaban J connectivity index is 4.49. The average molecular weight is 222 g/mol. The van der Waals surface area contributed by atoms with E-state index < -0.39 is 14.9 Å². The maximum Gasteiger partial charge on any atom is 0.271 e. The molecule has 0 saturated heterocycles. The molecule has 4 nitrogen and oxygen atoms in total. The van der Waals surface area contributed by atoms with E-state index in [-0.39, 0.29) is 6.54 Å². The minimum atomic E-state index is -4.11. The largest absolute Gasteiger partial charge is 0.285 e. The average Bonchev–Trinajstić information content (AvgIpc) is 1.56. The standard InChI is InChI=1S/C4H9Cl2NO3S/c1-4(2,3-7(5)6)11(8,9)10/h3H2,1-2H3,(H,8,9,10). The zero-order valence-electron chi connectivity index (χ0n) is 6.08. The van der Waals surface area contributed by atoms with Crippen molar-refractivity contribution in [2.75, 3.05) is 6.54 Å². The molecule has 0 saturated carbocycles. The number of hydrogen-bond acceptors (Lipinski definition) is 3. The fourth-order valence-corrected chi connectivity index (χ4v) is 1.40. The maximum atomic E-state index is 10.6. The number of nitrogens with zero attached hydrogens (tertiary/aromatic N) is 1. The first-order valence-corrected chi connectivity index (χ1v) is 4.84. The lowest BCUT2D eigenvalue weighted by atomic mass is 10.2. The molecule has 0 heterocycles. The Morgan fingerprint density at radius 1 is 1.45 bits per heavy atom. The van der Waals surface area contributed by atoms with Crippen LogP contribution in [0.1, 0.15) is 13.8 Å².